The first-order valence-corrected chi connectivity index (χ1v) is 5.11. The molecule has 3 nitrogen and oxygen atoms in total. The van der Waals surface area contributed by atoms with Gasteiger partial charge in [-0.1, -0.05) is 6.07 Å². The van der Waals surface area contributed by atoms with Crippen molar-refractivity contribution in [1.82, 2.24) is 4.98 Å². The van der Waals surface area contributed by atoms with Crippen LogP contribution < -0.4 is 5.73 Å². The van der Waals surface area contributed by atoms with Crippen LogP contribution in [0.1, 0.15) is 36.4 Å². The number of aromatic nitrogens is 1. The molecule has 1 aliphatic rings. The Morgan fingerprint density at radius 3 is 2.79 bits per heavy atom. The summed E-state index contributed by atoms with van der Waals surface area (Å²) < 4.78 is 0. The zero-order chi connectivity index (χ0) is 9.97. The second-order valence-electron chi connectivity index (χ2n) is 4.02. The number of aliphatic hydroxyl groups is 1. The summed E-state index contributed by atoms with van der Waals surface area (Å²) in [6, 6.07) is 4.29. The van der Waals surface area contributed by atoms with Crippen molar-refractivity contribution in [2.75, 3.05) is 0 Å². The highest BCUT2D eigenvalue weighted by Crippen LogP contribution is 2.32. The van der Waals surface area contributed by atoms with Crippen LogP contribution in [0.3, 0.4) is 0 Å². The summed E-state index contributed by atoms with van der Waals surface area (Å²) in [6.45, 7) is 0.0669. The summed E-state index contributed by atoms with van der Waals surface area (Å²) in [6.07, 6.45) is 5.05. The number of pyridine rings is 1. The van der Waals surface area contributed by atoms with Gasteiger partial charge in [0.05, 0.1) is 6.61 Å². The Bertz CT molecular complexity index is 297. The van der Waals surface area contributed by atoms with E-state index >= 15 is 0 Å². The molecular formula is C11H16N2O. The van der Waals surface area contributed by atoms with Gasteiger partial charge in [0, 0.05) is 23.9 Å². The molecule has 0 saturated heterocycles. The monoisotopic (exact) mass is 192 g/mol. The lowest BCUT2D eigenvalue weighted by Crippen LogP contribution is -2.14. The van der Waals surface area contributed by atoms with Gasteiger partial charge in [0.25, 0.3) is 0 Å². The molecule has 1 heterocycles. The molecule has 0 bridgehead atoms. The van der Waals surface area contributed by atoms with Crippen LogP contribution in [0.4, 0.5) is 0 Å². The van der Waals surface area contributed by atoms with Gasteiger partial charge in [-0.25, -0.2) is 0 Å². The minimum absolute atomic E-state index is 0.0669. The van der Waals surface area contributed by atoms with Crippen molar-refractivity contribution in [2.45, 2.75) is 37.8 Å². The molecule has 0 aliphatic heterocycles. The van der Waals surface area contributed by atoms with Crippen LogP contribution in [0.25, 0.3) is 0 Å². The third-order valence-corrected chi connectivity index (χ3v) is 2.92. The van der Waals surface area contributed by atoms with E-state index < -0.39 is 0 Å². The average molecular weight is 192 g/mol. The van der Waals surface area contributed by atoms with Crippen molar-refractivity contribution in [3.8, 4) is 0 Å². The highest BCUT2D eigenvalue weighted by molar-refractivity contribution is 5.17. The van der Waals surface area contributed by atoms with Crippen LogP contribution in [0.2, 0.25) is 0 Å². The Labute approximate surface area is 84.0 Å². The molecule has 2 atom stereocenters. The van der Waals surface area contributed by atoms with E-state index in [1.807, 2.05) is 12.1 Å². The fraction of sp³-hybridized carbons (Fsp3) is 0.545. The Morgan fingerprint density at radius 2 is 2.29 bits per heavy atom. The third-order valence-electron chi connectivity index (χ3n) is 2.92. The van der Waals surface area contributed by atoms with Crippen LogP contribution in [-0.4, -0.2) is 16.1 Å². The predicted octanol–water partition coefficient (Wildman–Crippen LogP) is 1.17. The first kappa shape index (κ1) is 9.62. The van der Waals surface area contributed by atoms with Crippen molar-refractivity contribution in [3.63, 3.8) is 0 Å². The molecule has 3 heteroatoms. The van der Waals surface area contributed by atoms with Crippen LogP contribution in [0, 0.1) is 0 Å². The number of nitrogens with zero attached hydrogens (tertiary/aromatic N) is 1. The molecule has 2 rings (SSSR count). The Hall–Kier alpha value is -0.930. The van der Waals surface area contributed by atoms with E-state index in [2.05, 4.69) is 4.98 Å². The normalized spacial score (nSPS) is 26.7. The summed E-state index contributed by atoms with van der Waals surface area (Å²) in [5.74, 6) is 0.526. The van der Waals surface area contributed by atoms with Gasteiger partial charge in [-0.3, -0.25) is 4.98 Å². The van der Waals surface area contributed by atoms with E-state index in [0.29, 0.717) is 12.0 Å². The number of aliphatic hydroxyl groups excluding tert-OH is 1. The number of nitrogens with two attached hydrogens (primary N) is 1. The number of hydrogen-bond donors (Lipinski definition) is 2. The Morgan fingerprint density at radius 1 is 1.43 bits per heavy atom. The number of hydrogen-bond acceptors (Lipinski definition) is 3. The van der Waals surface area contributed by atoms with Gasteiger partial charge in [-0.05, 0) is 30.9 Å². The van der Waals surface area contributed by atoms with Crippen LogP contribution >= 0.6 is 0 Å². The summed E-state index contributed by atoms with van der Waals surface area (Å²) in [7, 11) is 0. The molecule has 1 aliphatic carbocycles. The quantitative estimate of drug-likeness (QED) is 0.739. The number of rotatable bonds is 2. The smallest absolute Gasteiger partial charge is 0.0696 e. The average Bonchev–Trinajstić information content (AvgIpc) is 2.65. The second-order valence-corrected chi connectivity index (χ2v) is 4.02. The highest BCUT2D eigenvalue weighted by Gasteiger charge is 2.23. The lowest BCUT2D eigenvalue weighted by Gasteiger charge is -2.08. The van der Waals surface area contributed by atoms with E-state index in [1.54, 1.807) is 6.20 Å². The van der Waals surface area contributed by atoms with Crippen LogP contribution in [0.15, 0.2) is 18.3 Å². The van der Waals surface area contributed by atoms with Crippen molar-refractivity contribution in [3.05, 3.63) is 29.6 Å². The summed E-state index contributed by atoms with van der Waals surface area (Å²) in [4.78, 5) is 4.35. The largest absolute Gasteiger partial charge is 0.392 e. The summed E-state index contributed by atoms with van der Waals surface area (Å²) >= 11 is 0. The highest BCUT2D eigenvalue weighted by atomic mass is 16.3. The minimum atomic E-state index is 0.0669. The maximum absolute atomic E-state index is 8.88. The molecule has 0 spiro atoms. The van der Waals surface area contributed by atoms with E-state index in [9.17, 15) is 0 Å². The molecule has 1 aromatic heterocycles. The molecule has 0 aromatic carbocycles. The standard InChI is InChI=1S/C11H16N2O/c12-10-3-2-9(5-10)11-4-1-8(7-14)6-13-11/h1,4,6,9-10,14H,2-3,5,7,12H2. The predicted molar refractivity (Wildman–Crippen MR) is 54.7 cm³/mol. The fourth-order valence-corrected chi connectivity index (χ4v) is 2.06. The molecule has 1 aromatic rings. The maximum atomic E-state index is 8.88. The molecule has 0 amide bonds. The first-order chi connectivity index (χ1) is 6.79. The van der Waals surface area contributed by atoms with E-state index in [-0.39, 0.29) is 6.61 Å². The molecule has 76 valence electrons. The lowest BCUT2D eigenvalue weighted by atomic mass is 10.0. The molecular weight excluding hydrogens is 176 g/mol. The summed E-state index contributed by atoms with van der Waals surface area (Å²) in [5, 5.41) is 8.88. The fourth-order valence-electron chi connectivity index (χ4n) is 2.06. The van der Waals surface area contributed by atoms with Gasteiger partial charge < -0.3 is 10.8 Å². The van der Waals surface area contributed by atoms with Crippen molar-refractivity contribution in [1.29, 1.82) is 0 Å². The topological polar surface area (TPSA) is 59.1 Å². The Balaban J connectivity index is 2.09. The lowest BCUT2D eigenvalue weighted by molar-refractivity contribution is 0.281. The zero-order valence-electron chi connectivity index (χ0n) is 8.19. The molecule has 14 heavy (non-hydrogen) atoms. The minimum Gasteiger partial charge on any atom is -0.392 e. The molecule has 1 saturated carbocycles. The van der Waals surface area contributed by atoms with Gasteiger partial charge in [-0.15, -0.1) is 0 Å². The Kier molecular flexibility index (Phi) is 2.79. The summed E-state index contributed by atoms with van der Waals surface area (Å²) in [5.41, 5.74) is 7.84. The first-order valence-electron chi connectivity index (χ1n) is 5.11. The molecule has 0 radical (unpaired) electrons. The van der Waals surface area contributed by atoms with Gasteiger partial charge in [0.2, 0.25) is 0 Å². The van der Waals surface area contributed by atoms with E-state index in [0.717, 1.165) is 30.5 Å². The van der Waals surface area contributed by atoms with Crippen LogP contribution in [0.5, 0.6) is 0 Å². The van der Waals surface area contributed by atoms with Crippen molar-refractivity contribution >= 4 is 0 Å². The van der Waals surface area contributed by atoms with E-state index in [4.69, 9.17) is 10.8 Å². The maximum Gasteiger partial charge on any atom is 0.0696 e. The van der Waals surface area contributed by atoms with Crippen molar-refractivity contribution < 1.29 is 5.11 Å². The molecule has 2 unspecified atom stereocenters. The second kappa shape index (κ2) is 4.07. The van der Waals surface area contributed by atoms with Gasteiger partial charge in [0.1, 0.15) is 0 Å². The van der Waals surface area contributed by atoms with Gasteiger partial charge in [-0.2, -0.15) is 0 Å². The molecule has 1 fully saturated rings. The zero-order valence-corrected chi connectivity index (χ0v) is 8.19. The third kappa shape index (κ3) is 1.94. The van der Waals surface area contributed by atoms with Crippen molar-refractivity contribution in [2.24, 2.45) is 5.73 Å². The van der Waals surface area contributed by atoms with Gasteiger partial charge >= 0.3 is 0 Å². The van der Waals surface area contributed by atoms with Gasteiger partial charge in [0.15, 0.2) is 0 Å². The van der Waals surface area contributed by atoms with Crippen LogP contribution in [-0.2, 0) is 6.61 Å². The van der Waals surface area contributed by atoms with E-state index in [1.165, 1.54) is 0 Å². The SMILES string of the molecule is NC1CCC(c2ccc(CO)cn2)C1. The molecule has 3 N–H and O–H groups in total.